The number of nitrogens with zero attached hydrogens (tertiary/aromatic N) is 2. The second kappa shape index (κ2) is 3.98. The molecule has 0 spiro atoms. The zero-order chi connectivity index (χ0) is 10.8. The number of non-ortho nitro benzene ring substituents is 1. The van der Waals surface area contributed by atoms with E-state index >= 15 is 0 Å². The quantitative estimate of drug-likeness (QED) is 0.611. The largest absolute Gasteiger partial charge is 0.475 e. The Morgan fingerprint density at radius 2 is 2.33 bits per heavy atom. The van der Waals surface area contributed by atoms with Crippen LogP contribution in [0.5, 0.6) is 0 Å². The first kappa shape index (κ1) is 10.1. The van der Waals surface area contributed by atoms with Gasteiger partial charge in [-0.25, -0.2) is 4.99 Å². The normalized spacial score (nSPS) is 14.6. The summed E-state index contributed by atoms with van der Waals surface area (Å²) in [5, 5.41) is 10.5. The molecule has 2 rings (SSSR count). The van der Waals surface area contributed by atoms with Gasteiger partial charge in [0.15, 0.2) is 0 Å². The molecule has 1 aliphatic rings. The standard InChI is InChI=1S/C9H7BrN2O3/c10-8-5-6(12(13)14)1-2-7(8)9-11-3-4-15-9/h1-2,5H,3-4H2. The third-order valence-electron chi connectivity index (χ3n) is 1.98. The van der Waals surface area contributed by atoms with Gasteiger partial charge in [0.05, 0.1) is 17.0 Å². The number of nitro benzene ring substituents is 1. The second-order valence-corrected chi connectivity index (χ2v) is 3.81. The fourth-order valence-corrected chi connectivity index (χ4v) is 1.83. The van der Waals surface area contributed by atoms with Crippen LogP contribution in [0.1, 0.15) is 5.56 Å². The smallest absolute Gasteiger partial charge is 0.270 e. The van der Waals surface area contributed by atoms with Crippen molar-refractivity contribution in [2.24, 2.45) is 4.99 Å². The van der Waals surface area contributed by atoms with Gasteiger partial charge in [0.1, 0.15) is 6.61 Å². The molecule has 0 atom stereocenters. The molecular weight excluding hydrogens is 264 g/mol. The summed E-state index contributed by atoms with van der Waals surface area (Å²) in [5.74, 6) is 0.539. The van der Waals surface area contributed by atoms with Crippen molar-refractivity contribution < 1.29 is 9.66 Å². The molecule has 0 saturated heterocycles. The minimum atomic E-state index is -0.439. The molecule has 1 aromatic rings. The molecule has 0 unspecified atom stereocenters. The van der Waals surface area contributed by atoms with E-state index in [9.17, 15) is 10.1 Å². The van der Waals surface area contributed by atoms with Crippen LogP contribution in [0.25, 0.3) is 0 Å². The Morgan fingerprint density at radius 1 is 1.53 bits per heavy atom. The van der Waals surface area contributed by atoms with Gasteiger partial charge in [0.2, 0.25) is 5.90 Å². The Hall–Kier alpha value is -1.43. The van der Waals surface area contributed by atoms with Crippen LogP contribution >= 0.6 is 15.9 Å². The highest BCUT2D eigenvalue weighted by Crippen LogP contribution is 2.24. The number of benzene rings is 1. The molecule has 0 bridgehead atoms. The van der Waals surface area contributed by atoms with Gasteiger partial charge in [-0.2, -0.15) is 0 Å². The molecule has 6 heteroatoms. The number of rotatable bonds is 2. The molecular formula is C9H7BrN2O3. The molecule has 0 amide bonds. The third kappa shape index (κ3) is 1.99. The van der Waals surface area contributed by atoms with Crippen molar-refractivity contribution >= 4 is 27.5 Å². The molecule has 0 radical (unpaired) electrons. The first-order valence-corrected chi connectivity index (χ1v) is 5.09. The summed E-state index contributed by atoms with van der Waals surface area (Å²) in [6.07, 6.45) is 0. The van der Waals surface area contributed by atoms with E-state index in [2.05, 4.69) is 20.9 Å². The van der Waals surface area contributed by atoms with Crippen LogP contribution in [0.15, 0.2) is 27.7 Å². The molecule has 1 heterocycles. The SMILES string of the molecule is O=[N+]([O-])c1ccc(C2=NCCO2)c(Br)c1. The van der Waals surface area contributed by atoms with Crippen LogP contribution < -0.4 is 0 Å². The van der Waals surface area contributed by atoms with Crippen LogP contribution in [-0.2, 0) is 4.74 Å². The lowest BCUT2D eigenvalue weighted by Crippen LogP contribution is -2.02. The summed E-state index contributed by atoms with van der Waals surface area (Å²) in [5.41, 5.74) is 0.794. The van der Waals surface area contributed by atoms with Gasteiger partial charge >= 0.3 is 0 Å². The maximum absolute atomic E-state index is 10.5. The summed E-state index contributed by atoms with van der Waals surface area (Å²) < 4.78 is 5.89. The van der Waals surface area contributed by atoms with E-state index < -0.39 is 4.92 Å². The highest BCUT2D eigenvalue weighted by molar-refractivity contribution is 9.10. The van der Waals surface area contributed by atoms with E-state index in [-0.39, 0.29) is 5.69 Å². The van der Waals surface area contributed by atoms with E-state index in [1.165, 1.54) is 12.1 Å². The summed E-state index contributed by atoms with van der Waals surface area (Å²) in [6.45, 7) is 1.21. The van der Waals surface area contributed by atoms with E-state index in [0.717, 1.165) is 5.56 Å². The molecule has 0 aromatic heterocycles. The number of aliphatic imine (C=N–C) groups is 1. The number of hydrogen-bond acceptors (Lipinski definition) is 4. The highest BCUT2D eigenvalue weighted by atomic mass is 79.9. The fourth-order valence-electron chi connectivity index (χ4n) is 1.29. The number of hydrogen-bond donors (Lipinski definition) is 0. The second-order valence-electron chi connectivity index (χ2n) is 2.96. The fraction of sp³-hybridized carbons (Fsp3) is 0.222. The summed E-state index contributed by atoms with van der Waals surface area (Å²) in [6, 6.07) is 4.51. The summed E-state index contributed by atoms with van der Waals surface area (Å²) in [7, 11) is 0. The third-order valence-corrected chi connectivity index (χ3v) is 2.64. The van der Waals surface area contributed by atoms with Crippen molar-refractivity contribution in [3.63, 3.8) is 0 Å². The predicted molar refractivity (Wildman–Crippen MR) is 58.2 cm³/mol. The Kier molecular flexibility index (Phi) is 2.68. The number of ether oxygens (including phenoxy) is 1. The Bertz CT molecular complexity index is 445. The van der Waals surface area contributed by atoms with E-state index in [4.69, 9.17) is 4.74 Å². The lowest BCUT2D eigenvalue weighted by atomic mass is 10.2. The summed E-state index contributed by atoms with van der Waals surface area (Å²) in [4.78, 5) is 14.2. The van der Waals surface area contributed by atoms with Crippen molar-refractivity contribution in [3.8, 4) is 0 Å². The molecule has 0 saturated carbocycles. The van der Waals surface area contributed by atoms with Crippen molar-refractivity contribution in [2.75, 3.05) is 13.2 Å². The molecule has 78 valence electrons. The first-order valence-electron chi connectivity index (χ1n) is 4.30. The lowest BCUT2D eigenvalue weighted by molar-refractivity contribution is -0.384. The van der Waals surface area contributed by atoms with Gasteiger partial charge in [-0.1, -0.05) is 0 Å². The Balaban J connectivity index is 2.38. The van der Waals surface area contributed by atoms with E-state index in [0.29, 0.717) is 23.5 Å². The molecule has 0 N–H and O–H groups in total. The van der Waals surface area contributed by atoms with Gasteiger partial charge in [-0.15, -0.1) is 0 Å². The van der Waals surface area contributed by atoms with E-state index in [1.807, 2.05) is 0 Å². The minimum Gasteiger partial charge on any atom is -0.475 e. The van der Waals surface area contributed by atoms with Crippen LogP contribution in [0.3, 0.4) is 0 Å². The van der Waals surface area contributed by atoms with Crippen molar-refractivity contribution in [3.05, 3.63) is 38.3 Å². The average molecular weight is 271 g/mol. The zero-order valence-corrected chi connectivity index (χ0v) is 9.23. The molecule has 15 heavy (non-hydrogen) atoms. The molecule has 1 aromatic carbocycles. The number of nitro groups is 1. The van der Waals surface area contributed by atoms with E-state index in [1.54, 1.807) is 6.07 Å². The molecule has 0 fully saturated rings. The Morgan fingerprint density at radius 3 is 2.87 bits per heavy atom. The van der Waals surface area contributed by atoms with Crippen molar-refractivity contribution in [1.82, 2.24) is 0 Å². The molecule has 5 nitrogen and oxygen atoms in total. The molecule has 0 aliphatic carbocycles. The van der Waals surface area contributed by atoms with Crippen LogP contribution in [0.2, 0.25) is 0 Å². The van der Waals surface area contributed by atoms with Gasteiger partial charge < -0.3 is 4.74 Å². The highest BCUT2D eigenvalue weighted by Gasteiger charge is 2.16. The average Bonchev–Trinajstić information content (AvgIpc) is 2.70. The lowest BCUT2D eigenvalue weighted by Gasteiger charge is -2.03. The van der Waals surface area contributed by atoms with Gasteiger partial charge in [-0.05, 0) is 22.0 Å². The zero-order valence-electron chi connectivity index (χ0n) is 7.64. The van der Waals surface area contributed by atoms with Crippen LogP contribution in [0, 0.1) is 10.1 Å². The number of halogens is 1. The van der Waals surface area contributed by atoms with Gasteiger partial charge in [-0.3, -0.25) is 10.1 Å². The maximum atomic E-state index is 10.5. The van der Waals surface area contributed by atoms with Crippen molar-refractivity contribution in [1.29, 1.82) is 0 Å². The first-order chi connectivity index (χ1) is 7.18. The molecule has 1 aliphatic heterocycles. The maximum Gasteiger partial charge on any atom is 0.270 e. The van der Waals surface area contributed by atoms with Crippen LogP contribution in [0.4, 0.5) is 5.69 Å². The Labute approximate surface area is 94.0 Å². The topological polar surface area (TPSA) is 64.7 Å². The van der Waals surface area contributed by atoms with Gasteiger partial charge in [0.25, 0.3) is 5.69 Å². The van der Waals surface area contributed by atoms with Gasteiger partial charge in [0, 0.05) is 16.6 Å². The summed E-state index contributed by atoms with van der Waals surface area (Å²) >= 11 is 3.26. The van der Waals surface area contributed by atoms with Crippen LogP contribution in [-0.4, -0.2) is 24.0 Å². The predicted octanol–water partition coefficient (Wildman–Crippen LogP) is 2.13. The monoisotopic (exact) mass is 270 g/mol. The van der Waals surface area contributed by atoms with Crippen molar-refractivity contribution in [2.45, 2.75) is 0 Å². The minimum absolute atomic E-state index is 0.0456.